The van der Waals surface area contributed by atoms with E-state index < -0.39 is 5.97 Å². The van der Waals surface area contributed by atoms with Gasteiger partial charge in [0.25, 0.3) is 0 Å². The Morgan fingerprint density at radius 1 is 1.09 bits per heavy atom. The summed E-state index contributed by atoms with van der Waals surface area (Å²) < 4.78 is 6.07. The molecular weight excluding hydrogens is 288 g/mol. The zero-order valence-corrected chi connectivity index (χ0v) is 12.6. The second kappa shape index (κ2) is 4.33. The average Bonchev–Trinajstić information content (AvgIpc) is 3.26. The maximum absolute atomic E-state index is 10.8. The molecule has 1 saturated heterocycles. The number of aliphatic carboxylic acids is 1. The molecule has 0 amide bonds. The Morgan fingerprint density at radius 3 is 2.65 bits per heavy atom. The van der Waals surface area contributed by atoms with Crippen LogP contribution >= 0.6 is 0 Å². The van der Waals surface area contributed by atoms with Crippen molar-refractivity contribution in [2.75, 3.05) is 0 Å². The molecule has 114 valence electrons. The number of benzene rings is 3. The van der Waals surface area contributed by atoms with Crippen LogP contribution in [-0.4, -0.2) is 17.2 Å². The fraction of sp³-hybridized carbons (Fsp3) is 0.250. The van der Waals surface area contributed by atoms with Crippen molar-refractivity contribution < 1.29 is 14.6 Å². The van der Waals surface area contributed by atoms with Crippen LogP contribution in [0, 0.1) is 0 Å². The molecule has 1 aliphatic heterocycles. The summed E-state index contributed by atoms with van der Waals surface area (Å²) in [5, 5.41) is 15.2. The molecule has 1 heterocycles. The highest BCUT2D eigenvalue weighted by atomic mass is 16.6. The lowest BCUT2D eigenvalue weighted by atomic mass is 9.81. The molecule has 23 heavy (non-hydrogen) atoms. The summed E-state index contributed by atoms with van der Waals surface area (Å²) >= 11 is 0. The number of hydrogen-bond acceptors (Lipinski definition) is 2. The SMILES string of the molecule is O=C(O)CCCC12OC1C=c1ccc3cccc4ccc2c1c43. The first-order valence-electron chi connectivity index (χ1n) is 8.05. The topological polar surface area (TPSA) is 49.8 Å². The largest absolute Gasteiger partial charge is 0.481 e. The molecule has 0 bridgehead atoms. The molecule has 0 radical (unpaired) electrons. The number of hydrogen-bond donors (Lipinski definition) is 1. The predicted octanol–water partition coefficient (Wildman–Crippen LogP) is 3.36. The summed E-state index contributed by atoms with van der Waals surface area (Å²) in [6.45, 7) is 0. The van der Waals surface area contributed by atoms with E-state index in [4.69, 9.17) is 9.84 Å². The molecule has 1 fully saturated rings. The average molecular weight is 304 g/mol. The van der Waals surface area contributed by atoms with Crippen LogP contribution in [-0.2, 0) is 15.1 Å². The van der Waals surface area contributed by atoms with Gasteiger partial charge in [-0.1, -0.05) is 42.5 Å². The normalized spacial score (nSPS) is 24.4. The Kier molecular flexibility index (Phi) is 2.46. The highest BCUT2D eigenvalue weighted by Crippen LogP contribution is 2.54. The van der Waals surface area contributed by atoms with Crippen molar-refractivity contribution in [3.05, 3.63) is 53.2 Å². The van der Waals surface area contributed by atoms with Gasteiger partial charge in [-0.3, -0.25) is 4.79 Å². The van der Waals surface area contributed by atoms with Crippen LogP contribution in [0.1, 0.15) is 24.8 Å². The van der Waals surface area contributed by atoms with Gasteiger partial charge in [-0.2, -0.15) is 0 Å². The first kappa shape index (κ1) is 13.1. The lowest BCUT2D eigenvalue weighted by Gasteiger charge is -2.20. The molecule has 3 heteroatoms. The summed E-state index contributed by atoms with van der Waals surface area (Å²) in [6.07, 6.45) is 3.89. The van der Waals surface area contributed by atoms with Gasteiger partial charge in [0, 0.05) is 6.42 Å². The number of carbonyl (C=O) groups is 1. The van der Waals surface area contributed by atoms with Crippen molar-refractivity contribution in [1.29, 1.82) is 0 Å². The van der Waals surface area contributed by atoms with E-state index in [1.54, 1.807) is 0 Å². The third kappa shape index (κ3) is 1.71. The Balaban J connectivity index is 1.72. The minimum atomic E-state index is -0.740. The Bertz CT molecular complexity index is 1000. The van der Waals surface area contributed by atoms with Gasteiger partial charge in [-0.15, -0.1) is 0 Å². The number of carboxylic acid groups (broad SMARTS) is 1. The Labute approximate surface area is 133 Å². The van der Waals surface area contributed by atoms with Crippen LogP contribution in [0.25, 0.3) is 27.6 Å². The molecule has 2 atom stereocenters. The Hall–Kier alpha value is -2.39. The van der Waals surface area contributed by atoms with Crippen LogP contribution in [0.2, 0.25) is 0 Å². The van der Waals surface area contributed by atoms with Crippen LogP contribution in [0.4, 0.5) is 0 Å². The molecule has 2 unspecified atom stereocenters. The number of carboxylic acids is 1. The summed E-state index contributed by atoms with van der Waals surface area (Å²) in [4.78, 5) is 10.8. The zero-order chi connectivity index (χ0) is 15.6. The van der Waals surface area contributed by atoms with Crippen molar-refractivity contribution in [2.45, 2.75) is 31.0 Å². The van der Waals surface area contributed by atoms with Crippen molar-refractivity contribution in [3.8, 4) is 0 Å². The van der Waals surface area contributed by atoms with E-state index in [-0.39, 0.29) is 18.1 Å². The van der Waals surface area contributed by atoms with Gasteiger partial charge in [-0.05, 0) is 51.2 Å². The lowest BCUT2D eigenvalue weighted by Crippen LogP contribution is -2.22. The molecule has 5 rings (SSSR count). The molecule has 3 aromatic carbocycles. The van der Waals surface area contributed by atoms with Crippen molar-refractivity contribution in [2.24, 2.45) is 0 Å². The Morgan fingerprint density at radius 2 is 1.87 bits per heavy atom. The van der Waals surface area contributed by atoms with E-state index in [2.05, 4.69) is 48.5 Å². The van der Waals surface area contributed by atoms with E-state index in [0.29, 0.717) is 6.42 Å². The summed E-state index contributed by atoms with van der Waals surface area (Å²) in [7, 11) is 0. The summed E-state index contributed by atoms with van der Waals surface area (Å²) in [5.41, 5.74) is 0.926. The molecule has 3 aromatic rings. The second-order valence-electron chi connectivity index (χ2n) is 6.56. The molecule has 1 aliphatic carbocycles. The number of fused-ring (bicyclic) bond motifs is 2. The van der Waals surface area contributed by atoms with Gasteiger partial charge >= 0.3 is 5.97 Å². The van der Waals surface area contributed by atoms with Gasteiger partial charge in [0.05, 0.1) is 0 Å². The third-order valence-electron chi connectivity index (χ3n) is 5.27. The molecule has 3 nitrogen and oxygen atoms in total. The quantitative estimate of drug-likeness (QED) is 0.752. The third-order valence-corrected chi connectivity index (χ3v) is 5.27. The fourth-order valence-corrected chi connectivity index (χ4v) is 4.18. The number of rotatable bonds is 4. The first-order chi connectivity index (χ1) is 11.2. The van der Waals surface area contributed by atoms with Crippen LogP contribution in [0.15, 0.2) is 42.5 Å². The first-order valence-corrected chi connectivity index (χ1v) is 8.05. The van der Waals surface area contributed by atoms with E-state index in [0.717, 1.165) is 6.42 Å². The van der Waals surface area contributed by atoms with Crippen molar-refractivity contribution in [1.82, 2.24) is 0 Å². The van der Waals surface area contributed by atoms with E-state index in [1.807, 2.05) is 0 Å². The van der Waals surface area contributed by atoms with E-state index in [9.17, 15) is 4.79 Å². The van der Waals surface area contributed by atoms with Crippen LogP contribution < -0.4 is 5.22 Å². The minimum Gasteiger partial charge on any atom is -0.481 e. The number of ether oxygens (including phenoxy) is 1. The van der Waals surface area contributed by atoms with Gasteiger partial charge in [-0.25, -0.2) is 0 Å². The lowest BCUT2D eigenvalue weighted by molar-refractivity contribution is -0.137. The summed E-state index contributed by atoms with van der Waals surface area (Å²) in [6, 6.07) is 15.1. The second-order valence-corrected chi connectivity index (χ2v) is 6.56. The van der Waals surface area contributed by atoms with Crippen LogP contribution in [0.5, 0.6) is 0 Å². The van der Waals surface area contributed by atoms with E-state index >= 15 is 0 Å². The highest BCUT2D eigenvalue weighted by Gasteiger charge is 2.57. The number of epoxide rings is 1. The molecule has 1 N–H and O–H groups in total. The molecular formula is C20H16O3. The van der Waals surface area contributed by atoms with Gasteiger partial charge in [0.2, 0.25) is 0 Å². The molecule has 2 aliphatic rings. The van der Waals surface area contributed by atoms with Crippen molar-refractivity contribution >= 4 is 33.6 Å². The zero-order valence-electron chi connectivity index (χ0n) is 12.6. The van der Waals surface area contributed by atoms with Gasteiger partial charge in [0.15, 0.2) is 0 Å². The van der Waals surface area contributed by atoms with Crippen molar-refractivity contribution in [3.63, 3.8) is 0 Å². The molecule has 0 aromatic heterocycles. The van der Waals surface area contributed by atoms with Crippen LogP contribution in [0.3, 0.4) is 0 Å². The van der Waals surface area contributed by atoms with Gasteiger partial charge < -0.3 is 9.84 Å². The molecule has 0 spiro atoms. The highest BCUT2D eigenvalue weighted by molar-refractivity contribution is 6.12. The van der Waals surface area contributed by atoms with E-state index in [1.165, 1.54) is 32.3 Å². The summed E-state index contributed by atoms with van der Waals surface area (Å²) in [5.74, 6) is -0.740. The standard InChI is InChI=1S/C20H16O3/c21-17(22)5-2-10-20-15-9-8-13-4-1-3-12-6-7-14(11-16(20)23-20)19(15)18(12)13/h1,3-4,6-9,11,16H,2,5,10H2,(H,21,22). The minimum absolute atomic E-state index is 0.0890. The fourth-order valence-electron chi connectivity index (χ4n) is 4.18. The predicted molar refractivity (Wildman–Crippen MR) is 89.2 cm³/mol. The smallest absolute Gasteiger partial charge is 0.303 e. The maximum Gasteiger partial charge on any atom is 0.303 e. The maximum atomic E-state index is 10.8. The van der Waals surface area contributed by atoms with Gasteiger partial charge in [0.1, 0.15) is 11.7 Å². The molecule has 0 saturated carbocycles. The monoisotopic (exact) mass is 304 g/mol.